The molecule has 0 radical (unpaired) electrons. The number of aliphatic hydroxyl groups excluding tert-OH is 3. The van der Waals surface area contributed by atoms with Gasteiger partial charge in [0.15, 0.2) is 0 Å². The average molecular weight is 536 g/mol. The van der Waals surface area contributed by atoms with Crippen molar-refractivity contribution in [3.05, 3.63) is 0 Å². The van der Waals surface area contributed by atoms with Gasteiger partial charge in [0.05, 0.1) is 19.3 Å². The molecule has 16 heteroatoms. The summed E-state index contributed by atoms with van der Waals surface area (Å²) in [5.41, 5.74) is 5.59. The summed E-state index contributed by atoms with van der Waals surface area (Å²) in [5.74, 6) is -6.93. The molecule has 16 nitrogen and oxygen atoms in total. The van der Waals surface area contributed by atoms with Crippen LogP contribution in [0.1, 0.15) is 40.0 Å². The number of nitrogens with one attached hydrogen (secondary N) is 4. The van der Waals surface area contributed by atoms with E-state index in [1.807, 2.05) is 5.32 Å². The van der Waals surface area contributed by atoms with Crippen molar-refractivity contribution in [2.24, 2.45) is 11.7 Å². The topological polar surface area (TPSA) is 278 Å². The number of rotatable bonds is 17. The molecule has 11 N–H and O–H groups in total. The molecule has 0 aromatic carbocycles. The van der Waals surface area contributed by atoms with E-state index in [4.69, 9.17) is 21.1 Å². The van der Waals surface area contributed by atoms with Gasteiger partial charge in [-0.05, 0) is 25.7 Å². The molecule has 0 unspecified atom stereocenters. The summed E-state index contributed by atoms with van der Waals surface area (Å²) in [6.45, 7) is 2.82. The van der Waals surface area contributed by atoms with Gasteiger partial charge >= 0.3 is 11.9 Å². The van der Waals surface area contributed by atoms with Crippen LogP contribution >= 0.6 is 0 Å². The number of carboxylic acid groups (broad SMARTS) is 2. The van der Waals surface area contributed by atoms with E-state index >= 15 is 0 Å². The van der Waals surface area contributed by atoms with Gasteiger partial charge in [0.2, 0.25) is 23.6 Å². The molecule has 0 spiro atoms. The van der Waals surface area contributed by atoms with E-state index in [0.717, 1.165) is 0 Å². The third kappa shape index (κ3) is 12.4. The molecule has 212 valence electrons. The van der Waals surface area contributed by atoms with E-state index < -0.39 is 97.9 Å². The van der Waals surface area contributed by atoms with Crippen LogP contribution in [0.5, 0.6) is 0 Å². The molecular weight excluding hydrogens is 498 g/mol. The Morgan fingerprint density at radius 1 is 0.703 bits per heavy atom. The van der Waals surface area contributed by atoms with Crippen molar-refractivity contribution in [1.82, 2.24) is 21.3 Å². The Morgan fingerprint density at radius 3 is 1.57 bits per heavy atom. The zero-order valence-electron chi connectivity index (χ0n) is 20.8. The predicted molar refractivity (Wildman–Crippen MR) is 126 cm³/mol. The van der Waals surface area contributed by atoms with E-state index in [9.17, 15) is 39.0 Å². The lowest BCUT2D eigenvalue weighted by Crippen LogP contribution is -2.60. The molecule has 37 heavy (non-hydrogen) atoms. The Labute approximate surface area is 213 Å². The largest absolute Gasteiger partial charge is 0.481 e. The Morgan fingerprint density at radius 2 is 1.14 bits per heavy atom. The summed E-state index contributed by atoms with van der Waals surface area (Å²) in [5, 5.41) is 54.7. The summed E-state index contributed by atoms with van der Waals surface area (Å²) in [4.78, 5) is 72.3. The lowest BCUT2D eigenvalue weighted by Gasteiger charge is -2.26. The lowest BCUT2D eigenvalue weighted by atomic mass is 10.0. The van der Waals surface area contributed by atoms with E-state index in [0.29, 0.717) is 0 Å². The zero-order chi connectivity index (χ0) is 28.9. The van der Waals surface area contributed by atoms with Crippen LogP contribution in [0.25, 0.3) is 0 Å². The summed E-state index contributed by atoms with van der Waals surface area (Å²) in [6.07, 6.45) is -2.13. The molecule has 0 saturated heterocycles. The quantitative estimate of drug-likeness (QED) is 0.0845. The summed E-state index contributed by atoms with van der Waals surface area (Å²) in [7, 11) is 0. The van der Waals surface area contributed by atoms with Crippen LogP contribution < -0.4 is 27.0 Å². The minimum Gasteiger partial charge on any atom is -0.481 e. The molecule has 0 aliphatic heterocycles. The van der Waals surface area contributed by atoms with Gasteiger partial charge in [-0.3, -0.25) is 24.0 Å². The molecule has 0 aliphatic rings. The Balaban J connectivity index is 5.68. The molecule has 0 fully saturated rings. The summed E-state index contributed by atoms with van der Waals surface area (Å²) < 4.78 is 0. The first kappa shape index (κ1) is 33.7. The third-order valence-electron chi connectivity index (χ3n) is 5.06. The van der Waals surface area contributed by atoms with Crippen molar-refractivity contribution in [3.63, 3.8) is 0 Å². The van der Waals surface area contributed by atoms with E-state index in [2.05, 4.69) is 16.0 Å². The summed E-state index contributed by atoms with van der Waals surface area (Å²) in [6, 6.07) is -7.49. The van der Waals surface area contributed by atoms with E-state index in [1.165, 1.54) is 6.92 Å². The van der Waals surface area contributed by atoms with Gasteiger partial charge < -0.3 is 52.5 Å². The smallest absolute Gasteiger partial charge is 0.328 e. The second kappa shape index (κ2) is 16.4. The Bertz CT molecular complexity index is 821. The first-order valence-electron chi connectivity index (χ1n) is 11.5. The van der Waals surface area contributed by atoms with Crippen molar-refractivity contribution in [2.75, 3.05) is 13.2 Å². The number of amides is 4. The molecule has 0 aromatic rings. The number of aliphatic hydroxyl groups is 3. The number of hydrogen-bond acceptors (Lipinski definition) is 10. The van der Waals surface area contributed by atoms with Crippen molar-refractivity contribution in [2.45, 2.75) is 76.3 Å². The second-order valence-corrected chi connectivity index (χ2v) is 8.78. The van der Waals surface area contributed by atoms with Crippen LogP contribution in [-0.4, -0.2) is 111 Å². The zero-order valence-corrected chi connectivity index (χ0v) is 20.8. The van der Waals surface area contributed by atoms with Crippen LogP contribution in [0.4, 0.5) is 0 Å². The molecule has 0 aromatic heterocycles. The van der Waals surface area contributed by atoms with Gasteiger partial charge in [0, 0.05) is 6.42 Å². The fraction of sp³-hybridized carbons (Fsp3) is 0.714. The normalized spacial score (nSPS) is 15.9. The van der Waals surface area contributed by atoms with Crippen molar-refractivity contribution < 1.29 is 54.3 Å². The van der Waals surface area contributed by atoms with Crippen molar-refractivity contribution in [1.29, 1.82) is 0 Å². The number of aliphatic carboxylic acids is 2. The van der Waals surface area contributed by atoms with Crippen LogP contribution in [0.3, 0.4) is 0 Å². The second-order valence-electron chi connectivity index (χ2n) is 8.78. The van der Waals surface area contributed by atoms with Crippen LogP contribution in [0.15, 0.2) is 0 Å². The van der Waals surface area contributed by atoms with Crippen LogP contribution in [0, 0.1) is 5.92 Å². The van der Waals surface area contributed by atoms with Gasteiger partial charge in [-0.25, -0.2) is 4.79 Å². The van der Waals surface area contributed by atoms with E-state index in [-0.39, 0.29) is 12.3 Å². The third-order valence-corrected chi connectivity index (χ3v) is 5.06. The standard InChI is InChI=1S/C21H37N5O11/c1-9(2)6-12(24-20(35)16(22)10(3)29)18(33)23-11(4-5-15(30)31)17(32)25-13(7-27)19(34)26-14(8-28)21(36)37/h9-14,16,27-29H,4-8,22H2,1-3H3,(H,23,33)(H,24,35)(H,25,32)(H,26,34)(H,30,31)(H,36,37)/t10-,11+,12+,13+,14+,16+/m1/s1. The highest BCUT2D eigenvalue weighted by Crippen LogP contribution is 2.08. The number of carbonyl (C=O) groups excluding carboxylic acids is 4. The summed E-state index contributed by atoms with van der Waals surface area (Å²) >= 11 is 0. The lowest BCUT2D eigenvalue weighted by molar-refractivity contribution is -0.143. The maximum atomic E-state index is 12.9. The average Bonchev–Trinajstić information content (AvgIpc) is 2.81. The number of carboxylic acids is 2. The van der Waals surface area contributed by atoms with Crippen LogP contribution in [-0.2, 0) is 28.8 Å². The van der Waals surface area contributed by atoms with Gasteiger partial charge in [-0.2, -0.15) is 0 Å². The SMILES string of the molecule is CC(C)C[C@H](NC(=O)[C@@H](N)[C@@H](C)O)C(=O)N[C@@H](CCC(=O)O)C(=O)N[C@@H](CO)C(=O)N[C@@H](CO)C(=O)O. The highest BCUT2D eigenvalue weighted by atomic mass is 16.4. The van der Waals surface area contributed by atoms with Gasteiger partial charge in [0.25, 0.3) is 0 Å². The van der Waals surface area contributed by atoms with Crippen molar-refractivity contribution in [3.8, 4) is 0 Å². The molecule has 0 aliphatic carbocycles. The van der Waals surface area contributed by atoms with E-state index in [1.54, 1.807) is 13.8 Å². The maximum Gasteiger partial charge on any atom is 0.328 e. The molecule has 0 saturated carbocycles. The number of hydrogen-bond donors (Lipinski definition) is 10. The first-order valence-corrected chi connectivity index (χ1v) is 11.5. The van der Waals surface area contributed by atoms with Gasteiger partial charge in [-0.1, -0.05) is 13.8 Å². The monoisotopic (exact) mass is 535 g/mol. The predicted octanol–water partition coefficient (Wildman–Crippen LogP) is -4.39. The minimum atomic E-state index is -1.71. The van der Waals surface area contributed by atoms with Gasteiger partial charge in [0.1, 0.15) is 30.2 Å². The number of nitrogens with two attached hydrogens (primary N) is 1. The molecule has 4 amide bonds. The molecule has 0 heterocycles. The van der Waals surface area contributed by atoms with Crippen LogP contribution in [0.2, 0.25) is 0 Å². The van der Waals surface area contributed by atoms with Crippen molar-refractivity contribution >= 4 is 35.6 Å². The first-order chi connectivity index (χ1) is 17.1. The minimum absolute atomic E-state index is 0.0940. The van der Waals surface area contributed by atoms with Gasteiger partial charge in [-0.15, -0.1) is 0 Å². The molecule has 0 rings (SSSR count). The molecular formula is C21H37N5O11. The highest BCUT2D eigenvalue weighted by Gasteiger charge is 2.32. The Hall–Kier alpha value is -3.34. The fourth-order valence-electron chi connectivity index (χ4n) is 2.92. The molecule has 6 atom stereocenters. The molecule has 0 bridgehead atoms. The Kier molecular flexibility index (Phi) is 14.9. The number of carbonyl (C=O) groups is 6. The maximum absolute atomic E-state index is 12.9. The highest BCUT2D eigenvalue weighted by molar-refractivity contribution is 5.95. The fourth-order valence-corrected chi connectivity index (χ4v) is 2.92.